The number of carbonyl (C=O) groups excluding carboxylic acids is 1. The number of rotatable bonds is 4. The van der Waals surface area contributed by atoms with Gasteiger partial charge in [0.25, 0.3) is 0 Å². The Bertz CT molecular complexity index is 1070. The first-order chi connectivity index (χ1) is 13.3. The second-order valence-electron chi connectivity index (χ2n) is 6.38. The predicted octanol–water partition coefficient (Wildman–Crippen LogP) is 5.83. The quantitative estimate of drug-likeness (QED) is 0.372. The molecule has 0 amide bonds. The lowest BCUT2D eigenvalue weighted by Crippen LogP contribution is -2.06. The summed E-state index contributed by atoms with van der Waals surface area (Å²) in [5, 5.41) is 0. The summed E-state index contributed by atoms with van der Waals surface area (Å²) in [5.41, 5.74) is 12.1. The SMILES string of the molecule is Nc1ccc(C(=O)c2ccccc2)c(-c2ccccc2)c1-c1ccccc1. The molecule has 0 heterocycles. The Hall–Kier alpha value is -3.65. The van der Waals surface area contributed by atoms with Crippen LogP contribution in [0.25, 0.3) is 22.3 Å². The van der Waals surface area contributed by atoms with E-state index in [-0.39, 0.29) is 5.78 Å². The van der Waals surface area contributed by atoms with E-state index in [4.69, 9.17) is 5.73 Å². The van der Waals surface area contributed by atoms with Gasteiger partial charge in [0.1, 0.15) is 0 Å². The van der Waals surface area contributed by atoms with Gasteiger partial charge in [-0.05, 0) is 23.3 Å². The van der Waals surface area contributed by atoms with Crippen LogP contribution in [-0.4, -0.2) is 5.78 Å². The summed E-state index contributed by atoms with van der Waals surface area (Å²) in [4.78, 5) is 13.3. The third-order valence-electron chi connectivity index (χ3n) is 4.64. The first kappa shape index (κ1) is 16.8. The number of hydrogen-bond acceptors (Lipinski definition) is 2. The molecule has 0 saturated heterocycles. The maximum Gasteiger partial charge on any atom is 0.193 e. The maximum atomic E-state index is 13.3. The Balaban J connectivity index is 2.02. The third kappa shape index (κ3) is 3.25. The van der Waals surface area contributed by atoms with Crippen LogP contribution in [0.15, 0.2) is 103 Å². The predicted molar refractivity (Wildman–Crippen MR) is 112 cm³/mol. The smallest absolute Gasteiger partial charge is 0.193 e. The monoisotopic (exact) mass is 349 g/mol. The summed E-state index contributed by atoms with van der Waals surface area (Å²) in [5.74, 6) is -0.00775. The van der Waals surface area contributed by atoms with Crippen molar-refractivity contribution >= 4 is 11.5 Å². The van der Waals surface area contributed by atoms with Gasteiger partial charge in [-0.1, -0.05) is 91.0 Å². The average Bonchev–Trinajstić information content (AvgIpc) is 2.75. The van der Waals surface area contributed by atoms with Crippen molar-refractivity contribution in [3.05, 3.63) is 114 Å². The molecular weight excluding hydrogens is 330 g/mol. The van der Waals surface area contributed by atoms with Crippen molar-refractivity contribution in [3.63, 3.8) is 0 Å². The molecule has 0 aliphatic rings. The summed E-state index contributed by atoms with van der Waals surface area (Å²) in [6.07, 6.45) is 0. The van der Waals surface area contributed by atoms with Gasteiger partial charge < -0.3 is 5.73 Å². The van der Waals surface area contributed by atoms with E-state index in [0.717, 1.165) is 22.3 Å². The molecule has 2 nitrogen and oxygen atoms in total. The summed E-state index contributed by atoms with van der Waals surface area (Å²) >= 11 is 0. The van der Waals surface area contributed by atoms with Crippen molar-refractivity contribution in [1.82, 2.24) is 0 Å². The molecule has 0 radical (unpaired) electrons. The van der Waals surface area contributed by atoms with E-state index >= 15 is 0 Å². The molecule has 130 valence electrons. The van der Waals surface area contributed by atoms with E-state index < -0.39 is 0 Å². The van der Waals surface area contributed by atoms with Crippen LogP contribution in [-0.2, 0) is 0 Å². The zero-order valence-corrected chi connectivity index (χ0v) is 14.8. The Kier molecular flexibility index (Phi) is 4.54. The number of ketones is 1. The van der Waals surface area contributed by atoms with Crippen molar-refractivity contribution in [2.24, 2.45) is 0 Å². The van der Waals surface area contributed by atoms with Gasteiger partial charge in [0, 0.05) is 27.9 Å². The highest BCUT2D eigenvalue weighted by molar-refractivity contribution is 6.15. The summed E-state index contributed by atoms with van der Waals surface area (Å²) in [7, 11) is 0. The van der Waals surface area contributed by atoms with E-state index in [2.05, 4.69) is 0 Å². The van der Waals surface area contributed by atoms with Gasteiger partial charge in [-0.2, -0.15) is 0 Å². The highest BCUT2D eigenvalue weighted by Gasteiger charge is 2.20. The number of anilines is 1. The van der Waals surface area contributed by atoms with Gasteiger partial charge in [0.05, 0.1) is 0 Å². The summed E-state index contributed by atoms with van der Waals surface area (Å²) in [6.45, 7) is 0. The van der Waals surface area contributed by atoms with E-state index in [9.17, 15) is 4.79 Å². The molecule has 2 N–H and O–H groups in total. The molecule has 4 aromatic rings. The lowest BCUT2D eigenvalue weighted by atomic mass is 9.86. The fourth-order valence-electron chi connectivity index (χ4n) is 3.37. The molecule has 4 aromatic carbocycles. The standard InChI is InChI=1S/C25H19NO/c26-22-17-16-21(25(27)20-14-8-3-9-15-20)23(18-10-4-1-5-11-18)24(22)19-12-6-2-7-13-19/h1-17H,26H2. The van der Waals surface area contributed by atoms with E-state index in [1.807, 2.05) is 103 Å². The van der Waals surface area contributed by atoms with Gasteiger partial charge >= 0.3 is 0 Å². The number of hydrogen-bond donors (Lipinski definition) is 1. The van der Waals surface area contributed by atoms with Crippen LogP contribution in [0.1, 0.15) is 15.9 Å². The third-order valence-corrected chi connectivity index (χ3v) is 4.64. The molecule has 0 fully saturated rings. The van der Waals surface area contributed by atoms with Crippen molar-refractivity contribution in [1.29, 1.82) is 0 Å². The molecule has 0 unspecified atom stereocenters. The second-order valence-corrected chi connectivity index (χ2v) is 6.38. The van der Waals surface area contributed by atoms with Crippen LogP contribution >= 0.6 is 0 Å². The molecule has 0 atom stereocenters. The van der Waals surface area contributed by atoms with Gasteiger partial charge in [0.2, 0.25) is 0 Å². The first-order valence-corrected chi connectivity index (χ1v) is 8.89. The number of carbonyl (C=O) groups is 1. The van der Waals surface area contributed by atoms with Gasteiger partial charge in [-0.15, -0.1) is 0 Å². The number of benzene rings is 4. The Morgan fingerprint density at radius 2 is 1.04 bits per heavy atom. The fourth-order valence-corrected chi connectivity index (χ4v) is 3.37. The first-order valence-electron chi connectivity index (χ1n) is 8.89. The van der Waals surface area contributed by atoms with Crippen LogP contribution in [0.2, 0.25) is 0 Å². The fraction of sp³-hybridized carbons (Fsp3) is 0. The van der Waals surface area contributed by atoms with E-state index in [0.29, 0.717) is 16.8 Å². The molecule has 0 aliphatic heterocycles. The largest absolute Gasteiger partial charge is 0.398 e. The topological polar surface area (TPSA) is 43.1 Å². The minimum Gasteiger partial charge on any atom is -0.398 e. The average molecular weight is 349 g/mol. The van der Waals surface area contributed by atoms with Gasteiger partial charge in [-0.25, -0.2) is 0 Å². The van der Waals surface area contributed by atoms with Crippen LogP contribution in [0, 0.1) is 0 Å². The minimum atomic E-state index is -0.00775. The van der Waals surface area contributed by atoms with Gasteiger partial charge in [-0.3, -0.25) is 4.79 Å². The van der Waals surface area contributed by atoms with E-state index in [1.54, 1.807) is 0 Å². The van der Waals surface area contributed by atoms with E-state index in [1.165, 1.54) is 0 Å². The Labute approximate surface area is 158 Å². The maximum absolute atomic E-state index is 13.3. The van der Waals surface area contributed by atoms with Crippen LogP contribution in [0.3, 0.4) is 0 Å². The van der Waals surface area contributed by atoms with Crippen molar-refractivity contribution in [2.45, 2.75) is 0 Å². The van der Waals surface area contributed by atoms with Crippen LogP contribution < -0.4 is 5.73 Å². The second kappa shape index (κ2) is 7.30. The molecule has 4 rings (SSSR count). The van der Waals surface area contributed by atoms with Gasteiger partial charge in [0.15, 0.2) is 5.78 Å². The Morgan fingerprint density at radius 3 is 1.59 bits per heavy atom. The zero-order chi connectivity index (χ0) is 18.6. The van der Waals surface area contributed by atoms with Crippen LogP contribution in [0.5, 0.6) is 0 Å². The summed E-state index contributed by atoms with van der Waals surface area (Å²) < 4.78 is 0. The number of nitrogens with two attached hydrogens (primary N) is 1. The lowest BCUT2D eigenvalue weighted by Gasteiger charge is -2.17. The number of nitrogen functional groups attached to an aromatic ring is 1. The molecule has 0 saturated carbocycles. The highest BCUT2D eigenvalue weighted by Crippen LogP contribution is 2.39. The molecule has 0 aliphatic carbocycles. The van der Waals surface area contributed by atoms with Crippen molar-refractivity contribution in [2.75, 3.05) is 5.73 Å². The lowest BCUT2D eigenvalue weighted by molar-refractivity contribution is 0.103. The molecular formula is C25H19NO. The highest BCUT2D eigenvalue weighted by atomic mass is 16.1. The zero-order valence-electron chi connectivity index (χ0n) is 14.8. The molecule has 2 heteroatoms. The molecule has 27 heavy (non-hydrogen) atoms. The molecule has 0 aromatic heterocycles. The Morgan fingerprint density at radius 1 is 0.556 bits per heavy atom. The summed E-state index contributed by atoms with van der Waals surface area (Å²) in [6, 6.07) is 32.9. The normalized spacial score (nSPS) is 10.5. The van der Waals surface area contributed by atoms with Crippen molar-refractivity contribution < 1.29 is 4.79 Å². The molecule has 0 bridgehead atoms. The minimum absolute atomic E-state index is 0.00775. The van der Waals surface area contributed by atoms with Crippen LogP contribution in [0.4, 0.5) is 5.69 Å². The van der Waals surface area contributed by atoms with Crippen molar-refractivity contribution in [3.8, 4) is 22.3 Å². The molecule has 0 spiro atoms.